The highest BCUT2D eigenvalue weighted by Crippen LogP contribution is 2.22. The van der Waals surface area contributed by atoms with Crippen LogP contribution in [-0.4, -0.2) is 60.0 Å². The van der Waals surface area contributed by atoms with Crippen molar-refractivity contribution in [3.05, 3.63) is 35.9 Å². The summed E-state index contributed by atoms with van der Waals surface area (Å²) in [6, 6.07) is 11.3. The first-order valence-electron chi connectivity index (χ1n) is 10.8. The second-order valence-electron chi connectivity index (χ2n) is 8.53. The average molecular weight is 385 g/mol. The number of piperidine rings is 2. The van der Waals surface area contributed by atoms with Gasteiger partial charge in [0.05, 0.1) is 0 Å². The molecule has 1 aromatic carbocycles. The van der Waals surface area contributed by atoms with Crippen molar-refractivity contribution in [2.45, 2.75) is 57.2 Å². The molecule has 152 valence electrons. The second-order valence-corrected chi connectivity index (χ2v) is 8.53. The van der Waals surface area contributed by atoms with Crippen LogP contribution < -0.4 is 10.6 Å². The smallest absolute Gasteiger partial charge is 0.317 e. The molecule has 3 fully saturated rings. The maximum absolute atomic E-state index is 12.7. The van der Waals surface area contributed by atoms with Gasteiger partial charge in [0.15, 0.2) is 0 Å². The van der Waals surface area contributed by atoms with Gasteiger partial charge in [-0.3, -0.25) is 9.69 Å². The quantitative estimate of drug-likeness (QED) is 0.819. The van der Waals surface area contributed by atoms with Crippen LogP contribution in [0.15, 0.2) is 30.3 Å². The molecule has 1 aromatic rings. The van der Waals surface area contributed by atoms with Gasteiger partial charge >= 0.3 is 6.03 Å². The number of carbonyl (C=O) groups excluding carboxylic acids is 2. The maximum Gasteiger partial charge on any atom is 0.317 e. The van der Waals surface area contributed by atoms with Crippen LogP contribution in [0.25, 0.3) is 0 Å². The standard InChI is InChI=1S/C22H32N4O2/c27-21(18-8-14-26(15-9-18)22(28)24-19-6-7-19)23-20-10-12-25(13-11-20)16-17-4-2-1-3-5-17/h1-5,18-20H,6-16H2,(H,23,27)(H,24,28). The number of amides is 3. The van der Waals surface area contributed by atoms with Gasteiger partial charge in [-0.2, -0.15) is 0 Å². The van der Waals surface area contributed by atoms with Crippen molar-refractivity contribution >= 4 is 11.9 Å². The number of carbonyl (C=O) groups is 2. The SMILES string of the molecule is O=C(NC1CCN(Cc2ccccc2)CC1)C1CCN(C(=O)NC2CC2)CC1. The number of hydrogen-bond acceptors (Lipinski definition) is 3. The third-order valence-corrected chi connectivity index (χ3v) is 6.24. The Morgan fingerprint density at radius 1 is 0.821 bits per heavy atom. The molecule has 4 rings (SSSR count). The predicted molar refractivity (Wildman–Crippen MR) is 109 cm³/mol. The Kier molecular flexibility index (Phi) is 6.15. The Hall–Kier alpha value is -2.08. The van der Waals surface area contributed by atoms with Gasteiger partial charge in [0.2, 0.25) is 5.91 Å². The Balaban J connectivity index is 1.15. The minimum absolute atomic E-state index is 0.0483. The van der Waals surface area contributed by atoms with Gasteiger partial charge < -0.3 is 15.5 Å². The third kappa shape index (κ3) is 5.25. The summed E-state index contributed by atoms with van der Waals surface area (Å²) in [4.78, 5) is 29.1. The van der Waals surface area contributed by atoms with Crippen LogP contribution in [0, 0.1) is 5.92 Å². The van der Waals surface area contributed by atoms with E-state index in [4.69, 9.17) is 0 Å². The minimum Gasteiger partial charge on any atom is -0.353 e. The van der Waals surface area contributed by atoms with Crippen LogP contribution in [0.4, 0.5) is 4.79 Å². The molecule has 3 aliphatic rings. The molecule has 0 aromatic heterocycles. The molecular weight excluding hydrogens is 352 g/mol. The number of nitrogens with one attached hydrogen (secondary N) is 2. The lowest BCUT2D eigenvalue weighted by molar-refractivity contribution is -0.127. The summed E-state index contributed by atoms with van der Waals surface area (Å²) < 4.78 is 0. The van der Waals surface area contributed by atoms with Crippen molar-refractivity contribution in [2.75, 3.05) is 26.2 Å². The zero-order valence-electron chi connectivity index (χ0n) is 16.6. The molecular formula is C22H32N4O2. The van der Waals surface area contributed by atoms with Gasteiger partial charge in [0.1, 0.15) is 0 Å². The highest BCUT2D eigenvalue weighted by molar-refractivity contribution is 5.80. The highest BCUT2D eigenvalue weighted by Gasteiger charge is 2.31. The van der Waals surface area contributed by atoms with Gasteiger partial charge in [-0.1, -0.05) is 30.3 Å². The van der Waals surface area contributed by atoms with Crippen molar-refractivity contribution in [3.63, 3.8) is 0 Å². The molecule has 6 nitrogen and oxygen atoms in total. The molecule has 0 spiro atoms. The first-order chi connectivity index (χ1) is 13.7. The lowest BCUT2D eigenvalue weighted by Crippen LogP contribution is -2.50. The molecule has 1 aliphatic carbocycles. The Morgan fingerprint density at radius 2 is 1.46 bits per heavy atom. The van der Waals surface area contributed by atoms with E-state index in [2.05, 4.69) is 45.9 Å². The number of benzene rings is 1. The van der Waals surface area contributed by atoms with E-state index in [1.54, 1.807) is 0 Å². The van der Waals surface area contributed by atoms with Gasteiger partial charge in [-0.15, -0.1) is 0 Å². The summed E-state index contributed by atoms with van der Waals surface area (Å²) in [6.45, 7) is 4.42. The molecule has 0 atom stereocenters. The predicted octanol–water partition coefficient (Wildman–Crippen LogP) is 2.35. The van der Waals surface area contributed by atoms with E-state index < -0.39 is 0 Å². The summed E-state index contributed by atoms with van der Waals surface area (Å²) in [5.74, 6) is 0.232. The Labute approximate surface area is 167 Å². The fourth-order valence-electron chi connectivity index (χ4n) is 4.23. The largest absolute Gasteiger partial charge is 0.353 e. The van der Waals surface area contributed by atoms with E-state index in [-0.39, 0.29) is 23.9 Å². The number of hydrogen-bond donors (Lipinski definition) is 2. The lowest BCUT2D eigenvalue weighted by atomic mass is 9.95. The van der Waals surface area contributed by atoms with Gasteiger partial charge in [-0.05, 0) is 44.1 Å². The van der Waals surface area contributed by atoms with Crippen LogP contribution >= 0.6 is 0 Å². The second kappa shape index (κ2) is 8.95. The Bertz CT molecular complexity index is 660. The molecule has 0 bridgehead atoms. The van der Waals surface area contributed by atoms with Crippen molar-refractivity contribution in [2.24, 2.45) is 5.92 Å². The van der Waals surface area contributed by atoms with Crippen LogP contribution in [0.5, 0.6) is 0 Å². The average Bonchev–Trinajstić information content (AvgIpc) is 3.54. The van der Waals surface area contributed by atoms with E-state index >= 15 is 0 Å². The van der Waals surface area contributed by atoms with Crippen LogP contribution in [-0.2, 0) is 11.3 Å². The first-order valence-corrected chi connectivity index (χ1v) is 10.8. The van der Waals surface area contributed by atoms with Crippen molar-refractivity contribution in [1.82, 2.24) is 20.4 Å². The number of likely N-dealkylation sites (tertiary alicyclic amines) is 2. The van der Waals surface area contributed by atoms with Crippen LogP contribution in [0.3, 0.4) is 0 Å². The molecule has 2 aliphatic heterocycles. The lowest BCUT2D eigenvalue weighted by Gasteiger charge is -2.35. The Morgan fingerprint density at radius 3 is 2.11 bits per heavy atom. The topological polar surface area (TPSA) is 64.7 Å². The fourth-order valence-corrected chi connectivity index (χ4v) is 4.23. The molecule has 0 unspecified atom stereocenters. The monoisotopic (exact) mass is 384 g/mol. The van der Waals surface area contributed by atoms with E-state index in [9.17, 15) is 9.59 Å². The fraction of sp³-hybridized carbons (Fsp3) is 0.636. The summed E-state index contributed by atoms with van der Waals surface area (Å²) in [5, 5.41) is 6.31. The molecule has 2 saturated heterocycles. The minimum atomic E-state index is 0.0483. The molecule has 2 N–H and O–H groups in total. The zero-order valence-corrected chi connectivity index (χ0v) is 16.6. The normalized spacial score (nSPS) is 22.1. The van der Waals surface area contributed by atoms with Crippen molar-refractivity contribution in [3.8, 4) is 0 Å². The maximum atomic E-state index is 12.7. The molecule has 1 saturated carbocycles. The van der Waals surface area contributed by atoms with E-state index in [0.717, 1.165) is 58.2 Å². The van der Waals surface area contributed by atoms with Crippen LogP contribution in [0.1, 0.15) is 44.1 Å². The third-order valence-electron chi connectivity index (χ3n) is 6.24. The molecule has 3 amide bonds. The molecule has 0 radical (unpaired) electrons. The molecule has 2 heterocycles. The van der Waals surface area contributed by atoms with Crippen molar-refractivity contribution in [1.29, 1.82) is 0 Å². The van der Waals surface area contributed by atoms with Gasteiger partial charge in [0, 0.05) is 50.7 Å². The molecule has 6 heteroatoms. The van der Waals surface area contributed by atoms with E-state index in [0.29, 0.717) is 19.1 Å². The zero-order chi connectivity index (χ0) is 19.3. The van der Waals surface area contributed by atoms with E-state index in [1.165, 1.54) is 5.56 Å². The van der Waals surface area contributed by atoms with E-state index in [1.807, 2.05) is 4.90 Å². The number of nitrogens with zero attached hydrogens (tertiary/aromatic N) is 2. The number of urea groups is 1. The summed E-state index contributed by atoms with van der Waals surface area (Å²) >= 11 is 0. The van der Waals surface area contributed by atoms with Gasteiger partial charge in [-0.25, -0.2) is 4.79 Å². The van der Waals surface area contributed by atoms with Crippen molar-refractivity contribution < 1.29 is 9.59 Å². The highest BCUT2D eigenvalue weighted by atomic mass is 16.2. The molecule has 28 heavy (non-hydrogen) atoms. The van der Waals surface area contributed by atoms with Crippen LogP contribution in [0.2, 0.25) is 0 Å². The summed E-state index contributed by atoms with van der Waals surface area (Å²) in [6.07, 6.45) is 5.79. The van der Waals surface area contributed by atoms with Gasteiger partial charge in [0.25, 0.3) is 0 Å². The summed E-state index contributed by atoms with van der Waals surface area (Å²) in [5.41, 5.74) is 1.35. The number of rotatable bonds is 5. The summed E-state index contributed by atoms with van der Waals surface area (Å²) in [7, 11) is 0. The first kappa shape index (κ1) is 19.2.